The number of hydrogen-bond donors (Lipinski definition) is 2. The quantitative estimate of drug-likeness (QED) is 0.622. The summed E-state index contributed by atoms with van der Waals surface area (Å²) in [6, 6.07) is -0.0855. The van der Waals surface area contributed by atoms with Gasteiger partial charge in [0.15, 0.2) is 0 Å². The number of nitrogens with one attached hydrogen (secondary N) is 1. The van der Waals surface area contributed by atoms with Gasteiger partial charge >= 0.3 is 0 Å². The van der Waals surface area contributed by atoms with Gasteiger partial charge in [0.25, 0.3) is 0 Å². The van der Waals surface area contributed by atoms with Crippen LogP contribution in [0.15, 0.2) is 0 Å². The molecule has 0 saturated heterocycles. The lowest BCUT2D eigenvalue weighted by atomic mass is 9.97. The van der Waals surface area contributed by atoms with Gasteiger partial charge in [-0.2, -0.15) is 0 Å². The van der Waals surface area contributed by atoms with E-state index in [0.717, 1.165) is 6.42 Å². The fraction of sp³-hybridized carbons (Fsp3) is 0.900. The maximum atomic E-state index is 11.3. The van der Waals surface area contributed by atoms with Gasteiger partial charge in [-0.3, -0.25) is 4.79 Å². The van der Waals surface area contributed by atoms with E-state index in [1.54, 1.807) is 0 Å². The SMILES string of the molecule is CCCOCC(=O)NC(C)(C)C(C)N. The maximum absolute atomic E-state index is 11.3. The Hall–Kier alpha value is -0.610. The molecule has 4 nitrogen and oxygen atoms in total. The number of nitrogens with two attached hydrogens (primary N) is 1. The molecule has 0 aromatic rings. The Morgan fingerprint density at radius 1 is 1.57 bits per heavy atom. The molecule has 1 amide bonds. The first-order valence-electron chi connectivity index (χ1n) is 5.04. The third-order valence-electron chi connectivity index (χ3n) is 2.18. The summed E-state index contributed by atoms with van der Waals surface area (Å²) in [5.41, 5.74) is 5.34. The summed E-state index contributed by atoms with van der Waals surface area (Å²) < 4.78 is 5.12. The van der Waals surface area contributed by atoms with E-state index < -0.39 is 0 Å². The Balaban J connectivity index is 3.82. The molecule has 1 atom stereocenters. The van der Waals surface area contributed by atoms with E-state index in [2.05, 4.69) is 5.32 Å². The van der Waals surface area contributed by atoms with Crippen LogP contribution >= 0.6 is 0 Å². The second-order valence-electron chi connectivity index (χ2n) is 4.11. The molecule has 0 fully saturated rings. The molecule has 0 aliphatic rings. The highest BCUT2D eigenvalue weighted by Crippen LogP contribution is 2.05. The summed E-state index contributed by atoms with van der Waals surface area (Å²) in [6.45, 7) is 8.40. The fourth-order valence-electron chi connectivity index (χ4n) is 0.818. The van der Waals surface area contributed by atoms with Gasteiger partial charge in [0.05, 0.1) is 0 Å². The molecule has 0 aliphatic heterocycles. The van der Waals surface area contributed by atoms with Gasteiger partial charge in [0.1, 0.15) is 6.61 Å². The number of rotatable bonds is 6. The topological polar surface area (TPSA) is 64.3 Å². The molecular formula is C10H22N2O2. The van der Waals surface area contributed by atoms with Crippen LogP contribution in [0, 0.1) is 0 Å². The molecule has 84 valence electrons. The first-order valence-corrected chi connectivity index (χ1v) is 5.04. The number of ether oxygens (including phenoxy) is 1. The summed E-state index contributed by atoms with van der Waals surface area (Å²) in [5, 5.41) is 2.83. The van der Waals surface area contributed by atoms with Crippen LogP contribution in [-0.2, 0) is 9.53 Å². The Morgan fingerprint density at radius 3 is 2.57 bits per heavy atom. The smallest absolute Gasteiger partial charge is 0.246 e. The normalized spacial score (nSPS) is 13.8. The average molecular weight is 202 g/mol. The number of amides is 1. The van der Waals surface area contributed by atoms with Gasteiger partial charge < -0.3 is 15.8 Å². The molecular weight excluding hydrogens is 180 g/mol. The van der Waals surface area contributed by atoms with Crippen LogP contribution < -0.4 is 11.1 Å². The molecule has 4 heteroatoms. The van der Waals surface area contributed by atoms with Crippen LogP contribution in [0.5, 0.6) is 0 Å². The zero-order chi connectivity index (χ0) is 11.2. The first kappa shape index (κ1) is 13.4. The van der Waals surface area contributed by atoms with Crippen LogP contribution in [0.1, 0.15) is 34.1 Å². The molecule has 0 aliphatic carbocycles. The van der Waals surface area contributed by atoms with E-state index in [-0.39, 0.29) is 24.1 Å². The van der Waals surface area contributed by atoms with Crippen molar-refractivity contribution in [1.82, 2.24) is 5.32 Å². The highest BCUT2D eigenvalue weighted by Gasteiger charge is 2.24. The maximum Gasteiger partial charge on any atom is 0.246 e. The molecule has 1 unspecified atom stereocenters. The van der Waals surface area contributed by atoms with Gasteiger partial charge in [0.2, 0.25) is 5.91 Å². The van der Waals surface area contributed by atoms with Crippen molar-refractivity contribution in [3.8, 4) is 0 Å². The summed E-state index contributed by atoms with van der Waals surface area (Å²) in [4.78, 5) is 11.3. The van der Waals surface area contributed by atoms with Crippen molar-refractivity contribution in [3.05, 3.63) is 0 Å². The van der Waals surface area contributed by atoms with E-state index in [1.165, 1.54) is 0 Å². The molecule has 0 saturated carbocycles. The highest BCUT2D eigenvalue weighted by molar-refractivity contribution is 5.78. The molecule has 0 aromatic carbocycles. The van der Waals surface area contributed by atoms with Crippen molar-refractivity contribution in [1.29, 1.82) is 0 Å². The van der Waals surface area contributed by atoms with E-state index in [1.807, 2.05) is 27.7 Å². The van der Waals surface area contributed by atoms with Gasteiger partial charge in [-0.1, -0.05) is 6.92 Å². The minimum atomic E-state index is -0.382. The Kier molecular flexibility index (Phi) is 5.72. The van der Waals surface area contributed by atoms with Crippen molar-refractivity contribution in [3.63, 3.8) is 0 Å². The lowest BCUT2D eigenvalue weighted by Crippen LogP contribution is -2.55. The molecule has 3 N–H and O–H groups in total. The van der Waals surface area contributed by atoms with E-state index >= 15 is 0 Å². The lowest BCUT2D eigenvalue weighted by Gasteiger charge is -2.30. The average Bonchev–Trinajstić information content (AvgIpc) is 2.03. The minimum absolute atomic E-state index is 0.0855. The van der Waals surface area contributed by atoms with E-state index in [4.69, 9.17) is 10.5 Å². The van der Waals surface area contributed by atoms with Gasteiger partial charge in [0, 0.05) is 18.2 Å². The Bertz CT molecular complexity index is 179. The summed E-state index contributed by atoms with van der Waals surface area (Å²) in [7, 11) is 0. The molecule has 14 heavy (non-hydrogen) atoms. The zero-order valence-electron chi connectivity index (χ0n) is 9.59. The van der Waals surface area contributed by atoms with Crippen LogP contribution in [0.25, 0.3) is 0 Å². The van der Waals surface area contributed by atoms with E-state index in [9.17, 15) is 4.79 Å². The van der Waals surface area contributed by atoms with Crippen molar-refractivity contribution in [2.75, 3.05) is 13.2 Å². The lowest BCUT2D eigenvalue weighted by molar-refractivity contribution is -0.127. The Morgan fingerprint density at radius 2 is 2.14 bits per heavy atom. The summed E-state index contributed by atoms with van der Waals surface area (Å²) in [5.74, 6) is -0.110. The van der Waals surface area contributed by atoms with Crippen molar-refractivity contribution >= 4 is 5.91 Å². The molecule has 0 bridgehead atoms. The Labute approximate surface area is 86.2 Å². The second kappa shape index (κ2) is 5.98. The fourth-order valence-corrected chi connectivity index (χ4v) is 0.818. The van der Waals surface area contributed by atoms with Crippen LogP contribution in [0.4, 0.5) is 0 Å². The van der Waals surface area contributed by atoms with Gasteiger partial charge in [-0.15, -0.1) is 0 Å². The highest BCUT2D eigenvalue weighted by atomic mass is 16.5. The van der Waals surface area contributed by atoms with Crippen molar-refractivity contribution in [2.45, 2.75) is 45.7 Å². The standard InChI is InChI=1S/C10H22N2O2/c1-5-6-14-7-9(13)12-10(3,4)8(2)11/h8H,5-7,11H2,1-4H3,(H,12,13). The number of hydrogen-bond acceptors (Lipinski definition) is 3. The van der Waals surface area contributed by atoms with Gasteiger partial charge in [-0.05, 0) is 27.2 Å². The number of carbonyl (C=O) groups is 1. The first-order chi connectivity index (χ1) is 6.40. The van der Waals surface area contributed by atoms with Crippen LogP contribution in [0.2, 0.25) is 0 Å². The monoisotopic (exact) mass is 202 g/mol. The minimum Gasteiger partial charge on any atom is -0.372 e. The summed E-state index contributed by atoms with van der Waals surface area (Å²) in [6.07, 6.45) is 0.921. The van der Waals surface area contributed by atoms with Crippen LogP contribution in [-0.4, -0.2) is 30.7 Å². The number of carbonyl (C=O) groups excluding carboxylic acids is 1. The molecule has 0 spiro atoms. The third-order valence-corrected chi connectivity index (χ3v) is 2.18. The second-order valence-corrected chi connectivity index (χ2v) is 4.11. The molecule has 0 aromatic heterocycles. The molecule has 0 radical (unpaired) electrons. The van der Waals surface area contributed by atoms with Crippen LogP contribution in [0.3, 0.4) is 0 Å². The predicted octanol–water partition coefficient (Wildman–Crippen LogP) is 0.655. The van der Waals surface area contributed by atoms with Gasteiger partial charge in [-0.25, -0.2) is 0 Å². The summed E-state index contributed by atoms with van der Waals surface area (Å²) >= 11 is 0. The predicted molar refractivity (Wildman–Crippen MR) is 57.0 cm³/mol. The van der Waals surface area contributed by atoms with Crippen molar-refractivity contribution < 1.29 is 9.53 Å². The van der Waals surface area contributed by atoms with Crippen molar-refractivity contribution in [2.24, 2.45) is 5.73 Å². The molecule has 0 heterocycles. The molecule has 0 rings (SSSR count). The largest absolute Gasteiger partial charge is 0.372 e. The zero-order valence-corrected chi connectivity index (χ0v) is 9.59. The van der Waals surface area contributed by atoms with E-state index in [0.29, 0.717) is 6.61 Å². The third kappa shape index (κ3) is 5.19.